The standard InChI is InChI=1S/C15H15N5O2/c1-20-8-5-14(19-20)18-15(21)13-9-11(4-7-17-13)22-12-3-2-6-16-10-12/h2-4,6-7,9-10H,5,8H2,1H3,(H,18,19,21). The van der Waals surface area contributed by atoms with Gasteiger partial charge in [-0.15, -0.1) is 0 Å². The van der Waals surface area contributed by atoms with E-state index < -0.39 is 0 Å². The Morgan fingerprint density at radius 1 is 1.32 bits per heavy atom. The zero-order chi connectivity index (χ0) is 15.4. The maximum Gasteiger partial charge on any atom is 0.275 e. The van der Waals surface area contributed by atoms with Crippen LogP contribution in [0.3, 0.4) is 0 Å². The lowest BCUT2D eigenvalue weighted by Gasteiger charge is -2.07. The molecule has 0 spiro atoms. The van der Waals surface area contributed by atoms with E-state index in [-0.39, 0.29) is 11.6 Å². The van der Waals surface area contributed by atoms with Gasteiger partial charge >= 0.3 is 0 Å². The van der Waals surface area contributed by atoms with Crippen LogP contribution in [0.2, 0.25) is 0 Å². The van der Waals surface area contributed by atoms with E-state index in [9.17, 15) is 4.79 Å². The Labute approximate surface area is 127 Å². The van der Waals surface area contributed by atoms with Gasteiger partial charge in [0.25, 0.3) is 5.91 Å². The van der Waals surface area contributed by atoms with E-state index in [2.05, 4.69) is 20.4 Å². The summed E-state index contributed by atoms with van der Waals surface area (Å²) in [7, 11) is 1.86. The van der Waals surface area contributed by atoms with Gasteiger partial charge in [0, 0.05) is 38.5 Å². The van der Waals surface area contributed by atoms with Gasteiger partial charge in [-0.05, 0) is 18.2 Å². The maximum atomic E-state index is 12.2. The predicted octanol–water partition coefficient (Wildman–Crippen LogP) is 1.65. The Bertz CT molecular complexity index is 702. The minimum absolute atomic E-state index is 0.277. The minimum Gasteiger partial charge on any atom is -0.456 e. The third kappa shape index (κ3) is 3.38. The van der Waals surface area contributed by atoms with Gasteiger partial charge in [0.2, 0.25) is 0 Å². The lowest BCUT2D eigenvalue weighted by atomic mass is 10.3. The number of carbonyl (C=O) groups is 1. The van der Waals surface area contributed by atoms with E-state index in [0.29, 0.717) is 23.8 Å². The highest BCUT2D eigenvalue weighted by molar-refractivity contribution is 6.05. The van der Waals surface area contributed by atoms with Gasteiger partial charge in [-0.3, -0.25) is 19.8 Å². The first-order valence-electron chi connectivity index (χ1n) is 6.84. The number of hydrazone groups is 1. The number of hydrogen-bond donors (Lipinski definition) is 1. The number of amides is 1. The van der Waals surface area contributed by atoms with Crippen LogP contribution >= 0.6 is 0 Å². The lowest BCUT2D eigenvalue weighted by molar-refractivity contribution is 0.0971. The Kier molecular flexibility index (Phi) is 3.95. The van der Waals surface area contributed by atoms with Gasteiger partial charge < -0.3 is 10.1 Å². The van der Waals surface area contributed by atoms with Crippen LogP contribution < -0.4 is 10.1 Å². The molecule has 112 valence electrons. The average Bonchev–Trinajstić information content (AvgIpc) is 2.93. The summed E-state index contributed by atoms with van der Waals surface area (Å²) in [5.74, 6) is 1.47. The molecule has 3 heterocycles. The van der Waals surface area contributed by atoms with Crippen LogP contribution in [0.5, 0.6) is 11.5 Å². The average molecular weight is 297 g/mol. The van der Waals surface area contributed by atoms with E-state index in [1.165, 1.54) is 6.20 Å². The van der Waals surface area contributed by atoms with E-state index in [4.69, 9.17) is 4.74 Å². The highest BCUT2D eigenvalue weighted by Crippen LogP contribution is 2.20. The van der Waals surface area contributed by atoms with Crippen molar-refractivity contribution in [3.8, 4) is 11.5 Å². The number of pyridine rings is 2. The van der Waals surface area contributed by atoms with Crippen molar-refractivity contribution >= 4 is 11.7 Å². The van der Waals surface area contributed by atoms with Gasteiger partial charge in [-0.2, -0.15) is 5.10 Å². The van der Waals surface area contributed by atoms with E-state index in [1.807, 2.05) is 7.05 Å². The quantitative estimate of drug-likeness (QED) is 0.931. The molecule has 3 rings (SSSR count). The fourth-order valence-electron chi connectivity index (χ4n) is 2.00. The van der Waals surface area contributed by atoms with Gasteiger partial charge in [0.15, 0.2) is 0 Å². The number of rotatable bonds is 3. The second-order valence-corrected chi connectivity index (χ2v) is 4.80. The SMILES string of the molecule is CN1CCC(NC(=O)c2cc(Oc3cccnc3)ccn2)=N1. The second kappa shape index (κ2) is 6.21. The van der Waals surface area contributed by atoms with E-state index in [1.54, 1.807) is 41.7 Å². The predicted molar refractivity (Wildman–Crippen MR) is 80.7 cm³/mol. The smallest absolute Gasteiger partial charge is 0.275 e. The molecule has 0 radical (unpaired) electrons. The summed E-state index contributed by atoms with van der Waals surface area (Å²) in [6.07, 6.45) is 5.51. The molecule has 2 aromatic rings. The summed E-state index contributed by atoms with van der Waals surface area (Å²) in [6, 6.07) is 6.83. The molecule has 0 bridgehead atoms. The molecule has 0 atom stereocenters. The molecule has 7 nitrogen and oxygen atoms in total. The molecule has 1 N–H and O–H groups in total. The third-order valence-electron chi connectivity index (χ3n) is 3.06. The second-order valence-electron chi connectivity index (χ2n) is 4.80. The van der Waals surface area contributed by atoms with Crippen molar-refractivity contribution in [3.63, 3.8) is 0 Å². The van der Waals surface area contributed by atoms with Crippen LogP contribution in [0, 0.1) is 0 Å². The number of ether oxygens (including phenoxy) is 1. The Morgan fingerprint density at radius 3 is 2.95 bits per heavy atom. The summed E-state index contributed by atoms with van der Waals surface area (Å²) < 4.78 is 5.64. The van der Waals surface area contributed by atoms with Crippen LogP contribution in [-0.4, -0.2) is 40.3 Å². The fraction of sp³-hybridized carbons (Fsp3) is 0.200. The van der Waals surface area contributed by atoms with Crippen molar-refractivity contribution in [2.24, 2.45) is 5.10 Å². The molecule has 0 aromatic carbocycles. The maximum absolute atomic E-state index is 12.2. The van der Waals surface area contributed by atoms with Crippen LogP contribution in [0.4, 0.5) is 0 Å². The van der Waals surface area contributed by atoms with Gasteiger partial charge in [0.1, 0.15) is 23.0 Å². The van der Waals surface area contributed by atoms with E-state index in [0.717, 1.165) is 6.54 Å². The molecule has 0 fully saturated rings. The zero-order valence-electron chi connectivity index (χ0n) is 12.1. The van der Waals surface area contributed by atoms with Crippen molar-refractivity contribution in [2.75, 3.05) is 13.6 Å². The highest BCUT2D eigenvalue weighted by atomic mass is 16.5. The van der Waals surface area contributed by atoms with Gasteiger partial charge in [0.05, 0.1) is 6.20 Å². The molecule has 0 aliphatic carbocycles. The third-order valence-corrected chi connectivity index (χ3v) is 3.06. The van der Waals surface area contributed by atoms with Gasteiger partial charge in [-0.25, -0.2) is 0 Å². The number of nitrogens with zero attached hydrogens (tertiary/aromatic N) is 4. The number of carbonyl (C=O) groups excluding carboxylic acids is 1. The van der Waals surface area contributed by atoms with Crippen LogP contribution in [0.1, 0.15) is 16.9 Å². The van der Waals surface area contributed by atoms with E-state index >= 15 is 0 Å². The monoisotopic (exact) mass is 297 g/mol. The number of amidine groups is 1. The topological polar surface area (TPSA) is 79.7 Å². The number of nitrogens with one attached hydrogen (secondary N) is 1. The van der Waals surface area contributed by atoms with Crippen molar-refractivity contribution in [2.45, 2.75) is 6.42 Å². The Hall–Kier alpha value is -2.96. The molecular formula is C15H15N5O2. The van der Waals surface area contributed by atoms with Gasteiger partial charge in [-0.1, -0.05) is 0 Å². The van der Waals surface area contributed by atoms with Crippen LogP contribution in [-0.2, 0) is 0 Å². The first kappa shape index (κ1) is 14.0. The molecule has 7 heteroatoms. The molecule has 2 aromatic heterocycles. The lowest BCUT2D eigenvalue weighted by Crippen LogP contribution is -2.30. The summed E-state index contributed by atoms with van der Waals surface area (Å²) >= 11 is 0. The van der Waals surface area contributed by atoms with Crippen LogP contribution in [0.15, 0.2) is 48.0 Å². The Balaban J connectivity index is 1.71. The summed E-state index contributed by atoms with van der Waals surface area (Å²) in [6.45, 7) is 0.799. The van der Waals surface area contributed by atoms with Crippen molar-refractivity contribution < 1.29 is 9.53 Å². The summed E-state index contributed by atoms with van der Waals surface area (Å²) in [4.78, 5) is 20.2. The molecule has 1 aliphatic heterocycles. The number of hydrogen-bond acceptors (Lipinski definition) is 6. The van der Waals surface area contributed by atoms with Crippen molar-refractivity contribution in [1.82, 2.24) is 20.3 Å². The molecule has 1 amide bonds. The zero-order valence-corrected chi connectivity index (χ0v) is 12.1. The largest absolute Gasteiger partial charge is 0.456 e. The molecule has 0 saturated heterocycles. The number of aromatic nitrogens is 2. The fourth-order valence-corrected chi connectivity index (χ4v) is 2.00. The minimum atomic E-state index is -0.300. The first-order chi connectivity index (χ1) is 10.7. The van der Waals surface area contributed by atoms with Crippen molar-refractivity contribution in [1.29, 1.82) is 0 Å². The highest BCUT2D eigenvalue weighted by Gasteiger charge is 2.16. The molecular weight excluding hydrogens is 282 g/mol. The summed E-state index contributed by atoms with van der Waals surface area (Å²) in [5.41, 5.74) is 0.277. The van der Waals surface area contributed by atoms with Crippen molar-refractivity contribution in [3.05, 3.63) is 48.5 Å². The normalized spacial score (nSPS) is 13.7. The van der Waals surface area contributed by atoms with Crippen LogP contribution in [0.25, 0.3) is 0 Å². The summed E-state index contributed by atoms with van der Waals surface area (Å²) in [5, 5.41) is 8.73. The molecule has 0 saturated carbocycles. The molecule has 1 aliphatic rings. The first-order valence-corrected chi connectivity index (χ1v) is 6.84. The molecule has 22 heavy (non-hydrogen) atoms. The Morgan fingerprint density at radius 2 is 2.23 bits per heavy atom. The molecule has 0 unspecified atom stereocenters.